The molecule has 2 aromatic carbocycles. The number of ketones is 1. The second-order valence-electron chi connectivity index (χ2n) is 12.0. The number of hydrogen-bond donors (Lipinski definition) is 2. The summed E-state index contributed by atoms with van der Waals surface area (Å²) in [5.74, 6) is -0.970. The number of carbonyl (C=O) groups excluding carboxylic acids is 1. The van der Waals surface area contributed by atoms with Crippen molar-refractivity contribution >= 4 is 24.5 Å². The number of aliphatic hydroxyl groups is 2. The molecule has 3 fully saturated rings. The number of hydroxylamine groups is 2. The van der Waals surface area contributed by atoms with Crippen molar-refractivity contribution in [3.63, 3.8) is 0 Å². The summed E-state index contributed by atoms with van der Waals surface area (Å²) in [7, 11) is -2.88. The number of benzene rings is 2. The summed E-state index contributed by atoms with van der Waals surface area (Å²) >= 11 is 0. The number of ether oxygens (including phenoxy) is 2. The summed E-state index contributed by atoms with van der Waals surface area (Å²) in [5, 5.41) is 23.9. The molecule has 6 atom stereocenters. The highest BCUT2D eigenvalue weighted by molar-refractivity contribution is 6.99. The lowest BCUT2D eigenvalue weighted by Crippen LogP contribution is -2.67. The van der Waals surface area contributed by atoms with Crippen LogP contribution in [0, 0.1) is 0 Å². The van der Waals surface area contributed by atoms with Gasteiger partial charge in [-0.2, -0.15) is 5.06 Å². The van der Waals surface area contributed by atoms with Gasteiger partial charge in [0.15, 0.2) is 11.6 Å². The van der Waals surface area contributed by atoms with Crippen LogP contribution in [-0.4, -0.2) is 84.9 Å². The number of aliphatic hydroxyl groups excluding tert-OH is 2. The number of nitrogens with zero attached hydrogens (tertiary/aromatic N) is 1. The van der Waals surface area contributed by atoms with Gasteiger partial charge in [-0.25, -0.2) is 0 Å². The minimum Gasteiger partial charge on any atom is -0.400 e. The summed E-state index contributed by atoms with van der Waals surface area (Å²) in [5.41, 5.74) is 0. The highest BCUT2D eigenvalue weighted by Gasteiger charge is 2.63. The van der Waals surface area contributed by atoms with Crippen LogP contribution >= 0.6 is 0 Å². The first-order valence-corrected chi connectivity index (χ1v) is 15.3. The number of hydrogen-bond acceptors (Lipinski definition) is 8. The normalized spacial score (nSPS) is 29.7. The van der Waals surface area contributed by atoms with E-state index >= 15 is 0 Å². The molecule has 0 aromatic heterocycles. The second kappa shape index (κ2) is 10.2. The Morgan fingerprint density at radius 3 is 2.13 bits per heavy atom. The minimum absolute atomic E-state index is 0.0946. The molecule has 3 aliphatic rings. The molecule has 2 aromatic rings. The average Bonchev–Trinajstić information content (AvgIpc) is 3.52. The van der Waals surface area contributed by atoms with E-state index in [1.807, 2.05) is 50.2 Å². The van der Waals surface area contributed by atoms with Crippen molar-refractivity contribution < 1.29 is 33.7 Å². The zero-order valence-corrected chi connectivity index (χ0v) is 23.7. The fourth-order valence-electron chi connectivity index (χ4n) is 6.41. The van der Waals surface area contributed by atoms with E-state index in [1.54, 1.807) is 5.06 Å². The quantitative estimate of drug-likeness (QED) is 0.488. The van der Waals surface area contributed by atoms with Crippen molar-refractivity contribution in [1.29, 1.82) is 0 Å². The van der Waals surface area contributed by atoms with Crippen LogP contribution in [0.1, 0.15) is 41.0 Å². The van der Waals surface area contributed by atoms with Crippen molar-refractivity contribution in [3.05, 3.63) is 60.7 Å². The molecule has 0 amide bonds. The fraction of sp³-hybridized carbons (Fsp3) is 0.552. The van der Waals surface area contributed by atoms with Gasteiger partial charge < -0.3 is 24.1 Å². The zero-order valence-electron chi connectivity index (χ0n) is 22.7. The molecule has 0 spiro atoms. The lowest BCUT2D eigenvalue weighted by molar-refractivity contribution is -0.237. The molecule has 3 heterocycles. The maximum absolute atomic E-state index is 13.6. The summed E-state index contributed by atoms with van der Waals surface area (Å²) in [6.45, 7) is 9.63. The van der Waals surface area contributed by atoms with Gasteiger partial charge in [0.2, 0.25) is 0 Å². The molecule has 0 saturated carbocycles. The van der Waals surface area contributed by atoms with Gasteiger partial charge in [0, 0.05) is 6.42 Å². The van der Waals surface area contributed by atoms with E-state index in [2.05, 4.69) is 45.0 Å². The lowest BCUT2D eigenvalue weighted by Gasteiger charge is -2.43. The average molecular weight is 542 g/mol. The zero-order chi connectivity index (χ0) is 27.3. The fourth-order valence-corrected chi connectivity index (χ4v) is 10.9. The molecule has 3 saturated heterocycles. The molecule has 0 bridgehead atoms. The predicted molar refractivity (Wildman–Crippen MR) is 144 cm³/mol. The first kappa shape index (κ1) is 27.6. The van der Waals surface area contributed by atoms with Gasteiger partial charge in [-0.05, 0) is 29.3 Å². The predicted octanol–water partition coefficient (Wildman–Crippen LogP) is 1.76. The Bertz CT molecular complexity index is 1080. The molecule has 0 unspecified atom stereocenters. The van der Waals surface area contributed by atoms with Crippen LogP contribution in [0.15, 0.2) is 60.7 Å². The molecule has 5 rings (SSSR count). The van der Waals surface area contributed by atoms with Gasteiger partial charge in [0.1, 0.15) is 18.3 Å². The van der Waals surface area contributed by atoms with Gasteiger partial charge in [0.05, 0.1) is 31.4 Å². The van der Waals surface area contributed by atoms with Crippen molar-refractivity contribution in [2.75, 3.05) is 13.2 Å². The number of carbonyl (C=O) groups is 1. The van der Waals surface area contributed by atoms with E-state index < -0.39 is 45.1 Å². The van der Waals surface area contributed by atoms with Crippen LogP contribution in [0.2, 0.25) is 5.04 Å². The first-order valence-electron chi connectivity index (χ1n) is 13.4. The van der Waals surface area contributed by atoms with E-state index in [1.165, 1.54) is 0 Å². The van der Waals surface area contributed by atoms with Crippen molar-refractivity contribution in [3.8, 4) is 0 Å². The number of Topliss-reactive ketones (excluding diaryl/α,β-unsaturated/α-hetero) is 1. The minimum atomic E-state index is -2.88. The Kier molecular flexibility index (Phi) is 7.43. The third-order valence-electron chi connectivity index (χ3n) is 7.99. The Morgan fingerprint density at radius 1 is 1.05 bits per heavy atom. The lowest BCUT2D eigenvalue weighted by atomic mass is 10.00. The van der Waals surface area contributed by atoms with Crippen molar-refractivity contribution in [1.82, 2.24) is 5.06 Å². The molecule has 206 valence electrons. The Hall–Kier alpha value is -1.95. The van der Waals surface area contributed by atoms with Crippen LogP contribution in [-0.2, 0) is 23.5 Å². The van der Waals surface area contributed by atoms with E-state index in [0.717, 1.165) is 10.4 Å². The molecule has 0 aliphatic carbocycles. The van der Waals surface area contributed by atoms with Gasteiger partial charge in [-0.15, -0.1) is 0 Å². The third kappa shape index (κ3) is 4.69. The molecule has 8 nitrogen and oxygen atoms in total. The molecule has 38 heavy (non-hydrogen) atoms. The maximum Gasteiger partial charge on any atom is 0.261 e. The van der Waals surface area contributed by atoms with Gasteiger partial charge in [-0.3, -0.25) is 9.63 Å². The number of rotatable bonds is 8. The topological polar surface area (TPSA) is 97.7 Å². The van der Waals surface area contributed by atoms with Crippen LogP contribution in [0.5, 0.6) is 0 Å². The van der Waals surface area contributed by atoms with Crippen LogP contribution in [0.4, 0.5) is 0 Å². The molecular formula is C29H39NO7Si. The molecular weight excluding hydrogens is 502 g/mol. The van der Waals surface area contributed by atoms with Crippen LogP contribution in [0.3, 0.4) is 0 Å². The largest absolute Gasteiger partial charge is 0.400 e. The summed E-state index contributed by atoms with van der Waals surface area (Å²) < 4.78 is 19.0. The Balaban J connectivity index is 1.39. The maximum atomic E-state index is 13.6. The highest BCUT2D eigenvalue weighted by atomic mass is 28.4. The van der Waals surface area contributed by atoms with E-state index in [9.17, 15) is 15.0 Å². The summed E-state index contributed by atoms with van der Waals surface area (Å²) in [6, 6.07) is 19.5. The molecule has 0 radical (unpaired) electrons. The molecule has 3 aliphatic heterocycles. The monoisotopic (exact) mass is 541 g/mol. The standard InChI is InChI=1S/C29H39NO7Si/c1-28(2,3)38(19-12-8-6-9-13-19,20-14-10-7-11-15-20)34-18-23(33)24-16-21-26-27(36-29(4,5)35-26)25(22(32)17-31)30(21)37-24/h6-15,21-22,24-27,31-32H,16-18H2,1-5H3/t21-,22+,24-,25-,26+,27-/m0/s1. The molecule has 9 heteroatoms. The van der Waals surface area contributed by atoms with E-state index in [-0.39, 0.29) is 29.6 Å². The molecule has 2 N–H and O–H groups in total. The SMILES string of the molecule is CC1(C)O[C@@H]2[C@H](O1)[C@@H]1C[C@@H](C(=O)CO[Si](c3ccccc3)(c3ccccc3)C(C)(C)C)ON1[C@H]2[C@H](O)CO. The van der Waals surface area contributed by atoms with E-state index in [4.69, 9.17) is 18.7 Å². The number of fused-ring (bicyclic) bond motifs is 3. The first-order chi connectivity index (χ1) is 18.0. The van der Waals surface area contributed by atoms with E-state index in [0.29, 0.717) is 6.42 Å². The Labute approximate surface area is 225 Å². The van der Waals surface area contributed by atoms with Crippen molar-refractivity contribution in [2.45, 2.75) is 88.4 Å². The van der Waals surface area contributed by atoms with Gasteiger partial charge >= 0.3 is 0 Å². The van der Waals surface area contributed by atoms with Crippen LogP contribution in [0.25, 0.3) is 0 Å². The smallest absolute Gasteiger partial charge is 0.261 e. The van der Waals surface area contributed by atoms with Gasteiger partial charge in [-0.1, -0.05) is 81.4 Å². The van der Waals surface area contributed by atoms with Crippen LogP contribution < -0.4 is 10.4 Å². The Morgan fingerprint density at radius 2 is 1.61 bits per heavy atom. The van der Waals surface area contributed by atoms with Crippen molar-refractivity contribution in [2.24, 2.45) is 0 Å². The van der Waals surface area contributed by atoms with Gasteiger partial charge in [0.25, 0.3) is 8.32 Å². The third-order valence-corrected chi connectivity index (χ3v) is 13.0. The summed E-state index contributed by atoms with van der Waals surface area (Å²) in [6.07, 6.45) is -2.25. The highest BCUT2D eigenvalue weighted by Crippen LogP contribution is 2.46. The summed E-state index contributed by atoms with van der Waals surface area (Å²) in [4.78, 5) is 19.8. The second-order valence-corrected chi connectivity index (χ2v) is 16.3.